The minimum absolute atomic E-state index is 0.638. The Morgan fingerprint density at radius 2 is 2.20 bits per heavy atom. The molecule has 0 bridgehead atoms. The molecule has 4 nitrogen and oxygen atoms in total. The summed E-state index contributed by atoms with van der Waals surface area (Å²) in [5.41, 5.74) is 7.00. The molecule has 0 amide bonds. The monoisotopic (exact) mass is 208 g/mol. The zero-order chi connectivity index (χ0) is 10.8. The first kappa shape index (κ1) is 10.5. The van der Waals surface area contributed by atoms with Crippen LogP contribution in [0.5, 0.6) is 0 Å². The number of hydrogen-bond donors (Lipinski definition) is 1. The van der Waals surface area contributed by atoms with Crippen molar-refractivity contribution in [2.75, 3.05) is 5.73 Å². The molecule has 1 aromatic heterocycles. The summed E-state index contributed by atoms with van der Waals surface area (Å²) in [7, 11) is 0. The molecule has 15 heavy (non-hydrogen) atoms. The summed E-state index contributed by atoms with van der Waals surface area (Å²) in [5, 5.41) is 8.08. The molecule has 0 unspecified atom stereocenters. The van der Waals surface area contributed by atoms with Gasteiger partial charge < -0.3 is 5.73 Å². The van der Waals surface area contributed by atoms with Gasteiger partial charge in [-0.2, -0.15) is 0 Å². The predicted molar refractivity (Wildman–Crippen MR) is 60.5 cm³/mol. The molecule has 4 heteroatoms. The molecule has 1 saturated carbocycles. The van der Waals surface area contributed by atoms with Gasteiger partial charge in [-0.05, 0) is 31.6 Å². The van der Waals surface area contributed by atoms with E-state index in [1.807, 2.05) is 4.68 Å². The SMILES string of the molecule is CC(C)CCCn1nnc(N)c1C1CC1. The van der Waals surface area contributed by atoms with Crippen molar-refractivity contribution < 1.29 is 0 Å². The van der Waals surface area contributed by atoms with Gasteiger partial charge in [-0.25, -0.2) is 4.68 Å². The number of rotatable bonds is 5. The quantitative estimate of drug-likeness (QED) is 0.806. The highest BCUT2D eigenvalue weighted by Crippen LogP contribution is 2.41. The van der Waals surface area contributed by atoms with E-state index in [1.54, 1.807) is 0 Å². The van der Waals surface area contributed by atoms with E-state index in [4.69, 9.17) is 5.73 Å². The Hall–Kier alpha value is -1.06. The summed E-state index contributed by atoms with van der Waals surface area (Å²) in [6.45, 7) is 5.46. The second kappa shape index (κ2) is 4.21. The molecule has 0 aliphatic heterocycles. The normalized spacial score (nSPS) is 16.2. The Labute approximate surface area is 90.8 Å². The lowest BCUT2D eigenvalue weighted by molar-refractivity contribution is 0.473. The first-order valence-electron chi connectivity index (χ1n) is 5.87. The summed E-state index contributed by atoms with van der Waals surface area (Å²) >= 11 is 0. The van der Waals surface area contributed by atoms with Gasteiger partial charge in [-0.15, -0.1) is 5.10 Å². The predicted octanol–water partition coefficient (Wildman–Crippen LogP) is 2.17. The minimum atomic E-state index is 0.638. The van der Waals surface area contributed by atoms with Crippen molar-refractivity contribution >= 4 is 5.82 Å². The van der Waals surface area contributed by atoms with Crippen LogP contribution in [-0.4, -0.2) is 15.0 Å². The summed E-state index contributed by atoms with van der Waals surface area (Å²) in [5.74, 6) is 2.04. The smallest absolute Gasteiger partial charge is 0.169 e. The molecule has 0 spiro atoms. The van der Waals surface area contributed by atoms with Crippen molar-refractivity contribution in [3.8, 4) is 0 Å². The zero-order valence-corrected chi connectivity index (χ0v) is 9.61. The Morgan fingerprint density at radius 1 is 1.47 bits per heavy atom. The lowest BCUT2D eigenvalue weighted by Crippen LogP contribution is -2.06. The van der Waals surface area contributed by atoms with Crippen LogP contribution in [-0.2, 0) is 6.54 Å². The molecular formula is C11H20N4. The number of nitrogens with zero attached hydrogens (tertiary/aromatic N) is 3. The minimum Gasteiger partial charge on any atom is -0.381 e. The summed E-state index contributed by atoms with van der Waals surface area (Å²) in [4.78, 5) is 0. The summed E-state index contributed by atoms with van der Waals surface area (Å²) in [6.07, 6.45) is 4.91. The van der Waals surface area contributed by atoms with E-state index in [1.165, 1.54) is 31.4 Å². The maximum Gasteiger partial charge on any atom is 0.169 e. The van der Waals surface area contributed by atoms with Gasteiger partial charge in [0.25, 0.3) is 0 Å². The molecule has 84 valence electrons. The van der Waals surface area contributed by atoms with E-state index >= 15 is 0 Å². The fraction of sp³-hybridized carbons (Fsp3) is 0.818. The van der Waals surface area contributed by atoms with Crippen molar-refractivity contribution in [2.45, 2.75) is 52.0 Å². The van der Waals surface area contributed by atoms with Crippen LogP contribution in [0.4, 0.5) is 5.82 Å². The van der Waals surface area contributed by atoms with Gasteiger partial charge in [0, 0.05) is 12.5 Å². The molecule has 2 rings (SSSR count). The van der Waals surface area contributed by atoms with E-state index in [0.717, 1.165) is 12.5 Å². The molecule has 0 atom stereocenters. The summed E-state index contributed by atoms with van der Waals surface area (Å²) in [6, 6.07) is 0. The topological polar surface area (TPSA) is 56.7 Å². The molecule has 1 heterocycles. The number of aromatic nitrogens is 3. The molecule has 1 fully saturated rings. The van der Waals surface area contributed by atoms with E-state index in [2.05, 4.69) is 24.2 Å². The van der Waals surface area contributed by atoms with Gasteiger partial charge in [0.1, 0.15) is 0 Å². The molecule has 0 radical (unpaired) electrons. The third-order valence-corrected chi connectivity index (χ3v) is 2.92. The average molecular weight is 208 g/mol. The Morgan fingerprint density at radius 3 is 2.80 bits per heavy atom. The van der Waals surface area contributed by atoms with Crippen LogP contribution in [0, 0.1) is 5.92 Å². The van der Waals surface area contributed by atoms with E-state index < -0.39 is 0 Å². The molecule has 1 aliphatic carbocycles. The summed E-state index contributed by atoms with van der Waals surface area (Å²) < 4.78 is 2.01. The first-order valence-corrected chi connectivity index (χ1v) is 5.87. The molecule has 0 aromatic carbocycles. The fourth-order valence-corrected chi connectivity index (χ4v) is 1.92. The van der Waals surface area contributed by atoms with Crippen LogP contribution in [0.2, 0.25) is 0 Å². The van der Waals surface area contributed by atoms with Crippen LogP contribution >= 0.6 is 0 Å². The Kier molecular flexibility index (Phi) is 2.93. The maximum atomic E-state index is 5.82. The number of nitrogen functional groups attached to an aromatic ring is 1. The first-order chi connectivity index (χ1) is 7.18. The molecule has 1 aliphatic rings. The van der Waals surface area contributed by atoms with Crippen LogP contribution in [0.1, 0.15) is 51.1 Å². The highest BCUT2D eigenvalue weighted by Gasteiger charge is 2.30. The third-order valence-electron chi connectivity index (χ3n) is 2.92. The molecule has 0 saturated heterocycles. The van der Waals surface area contributed by atoms with Gasteiger partial charge >= 0.3 is 0 Å². The van der Waals surface area contributed by atoms with Gasteiger partial charge in [0.2, 0.25) is 0 Å². The Bertz CT molecular complexity index is 325. The largest absolute Gasteiger partial charge is 0.381 e. The Balaban J connectivity index is 1.95. The van der Waals surface area contributed by atoms with Gasteiger partial charge in [-0.3, -0.25) is 0 Å². The van der Waals surface area contributed by atoms with Crippen LogP contribution < -0.4 is 5.73 Å². The highest BCUT2D eigenvalue weighted by molar-refractivity contribution is 5.38. The van der Waals surface area contributed by atoms with E-state index in [-0.39, 0.29) is 0 Å². The zero-order valence-electron chi connectivity index (χ0n) is 9.61. The maximum absolute atomic E-state index is 5.82. The van der Waals surface area contributed by atoms with E-state index in [9.17, 15) is 0 Å². The standard InChI is InChI=1S/C11H20N4/c1-8(2)4-3-7-15-10(9-5-6-9)11(12)13-14-15/h8-9H,3-7,12H2,1-2H3. The fourth-order valence-electron chi connectivity index (χ4n) is 1.92. The molecule has 2 N–H and O–H groups in total. The lowest BCUT2D eigenvalue weighted by atomic mass is 10.1. The number of anilines is 1. The third kappa shape index (κ3) is 2.49. The molecule has 1 aromatic rings. The van der Waals surface area contributed by atoms with Crippen molar-refractivity contribution in [3.63, 3.8) is 0 Å². The van der Waals surface area contributed by atoms with Crippen molar-refractivity contribution in [3.05, 3.63) is 5.69 Å². The van der Waals surface area contributed by atoms with Crippen LogP contribution in [0.25, 0.3) is 0 Å². The van der Waals surface area contributed by atoms with Crippen molar-refractivity contribution in [2.24, 2.45) is 5.92 Å². The van der Waals surface area contributed by atoms with Crippen molar-refractivity contribution in [1.29, 1.82) is 0 Å². The van der Waals surface area contributed by atoms with Crippen molar-refractivity contribution in [1.82, 2.24) is 15.0 Å². The second-order valence-electron chi connectivity index (χ2n) is 4.89. The number of hydrogen-bond acceptors (Lipinski definition) is 3. The second-order valence-corrected chi connectivity index (χ2v) is 4.89. The molecular weight excluding hydrogens is 188 g/mol. The van der Waals surface area contributed by atoms with Crippen LogP contribution in [0.15, 0.2) is 0 Å². The number of nitrogens with two attached hydrogens (primary N) is 1. The van der Waals surface area contributed by atoms with E-state index in [0.29, 0.717) is 11.7 Å². The van der Waals surface area contributed by atoms with Crippen LogP contribution in [0.3, 0.4) is 0 Å². The highest BCUT2D eigenvalue weighted by atomic mass is 15.4. The average Bonchev–Trinajstić information content (AvgIpc) is 2.92. The van der Waals surface area contributed by atoms with Gasteiger partial charge in [0.15, 0.2) is 5.82 Å². The van der Waals surface area contributed by atoms with Gasteiger partial charge in [-0.1, -0.05) is 19.1 Å². The van der Waals surface area contributed by atoms with Gasteiger partial charge in [0.05, 0.1) is 5.69 Å². The lowest BCUT2D eigenvalue weighted by Gasteiger charge is -2.07. The number of aryl methyl sites for hydroxylation is 1.